The molecule has 0 saturated carbocycles. The van der Waals surface area contributed by atoms with Crippen LogP contribution in [0.15, 0.2) is 24.4 Å². The Labute approximate surface area is 185 Å². The van der Waals surface area contributed by atoms with Crippen LogP contribution in [0, 0.1) is 0 Å². The lowest BCUT2D eigenvalue weighted by Gasteiger charge is -2.11. The third kappa shape index (κ3) is 3.54. The molecule has 166 valence electrons. The molecule has 2 bridgehead atoms. The third-order valence-corrected chi connectivity index (χ3v) is 5.63. The molecule has 2 N–H and O–H groups in total. The van der Waals surface area contributed by atoms with Gasteiger partial charge >= 0.3 is 0 Å². The van der Waals surface area contributed by atoms with E-state index in [1.54, 1.807) is 9.36 Å². The Kier molecular flexibility index (Phi) is 5.40. The summed E-state index contributed by atoms with van der Waals surface area (Å²) in [6.07, 6.45) is 7.30. The summed E-state index contributed by atoms with van der Waals surface area (Å²) in [7, 11) is 1.88. The van der Waals surface area contributed by atoms with Crippen LogP contribution in [0.25, 0.3) is 34.2 Å². The maximum absolute atomic E-state index is 9.49. The molecule has 0 saturated heterocycles. The van der Waals surface area contributed by atoms with Crippen molar-refractivity contribution in [1.29, 1.82) is 0 Å². The summed E-state index contributed by atoms with van der Waals surface area (Å²) in [5, 5.41) is 27.1. The van der Waals surface area contributed by atoms with Crippen LogP contribution in [0.5, 0.6) is 11.8 Å². The van der Waals surface area contributed by atoms with E-state index in [9.17, 15) is 5.11 Å². The molecule has 1 aliphatic heterocycles. The normalized spacial score (nSPS) is 14.8. The zero-order valence-corrected chi connectivity index (χ0v) is 18.2. The maximum Gasteiger partial charge on any atom is 0.219 e. The van der Waals surface area contributed by atoms with Crippen LogP contribution in [0.4, 0.5) is 0 Å². The molecule has 32 heavy (non-hydrogen) atoms. The number of aromatic nitrogens is 6. The molecule has 0 spiro atoms. The highest BCUT2D eigenvalue weighted by molar-refractivity contribution is 5.93. The van der Waals surface area contributed by atoms with Gasteiger partial charge in [0, 0.05) is 18.9 Å². The molecule has 3 aromatic heterocycles. The number of hydrogen-bond donors (Lipinski definition) is 2. The number of H-pyrrole nitrogens is 1. The Morgan fingerprint density at radius 1 is 1.16 bits per heavy atom. The molecule has 0 aliphatic carbocycles. The highest BCUT2D eigenvalue weighted by Crippen LogP contribution is 2.33. The zero-order valence-electron chi connectivity index (χ0n) is 18.2. The van der Waals surface area contributed by atoms with Gasteiger partial charge in [0.1, 0.15) is 0 Å². The summed E-state index contributed by atoms with van der Waals surface area (Å²) in [4.78, 5) is 0. The Morgan fingerprint density at radius 2 is 2.00 bits per heavy atom. The van der Waals surface area contributed by atoms with Crippen LogP contribution < -0.4 is 9.47 Å². The number of hydrogen-bond acceptors (Lipinski definition) is 6. The van der Waals surface area contributed by atoms with Crippen LogP contribution in [-0.4, -0.2) is 54.7 Å². The van der Waals surface area contributed by atoms with E-state index >= 15 is 0 Å². The second-order valence-electron chi connectivity index (χ2n) is 7.71. The SMILES string of the molecule is CCc1nn(CCO)c2c1/C=C/c1[nH]nc3ccc(cc13)-c1cnn(C)c1OCCCO2. The van der Waals surface area contributed by atoms with E-state index in [1.807, 2.05) is 37.5 Å². The predicted octanol–water partition coefficient (Wildman–Crippen LogP) is 3.05. The van der Waals surface area contributed by atoms with Gasteiger partial charge in [-0.1, -0.05) is 13.0 Å². The quantitative estimate of drug-likeness (QED) is 0.514. The zero-order chi connectivity index (χ0) is 22.1. The number of aliphatic hydroxyl groups is 1. The van der Waals surface area contributed by atoms with Crippen molar-refractivity contribution in [2.45, 2.75) is 26.3 Å². The van der Waals surface area contributed by atoms with E-state index in [1.165, 1.54) is 0 Å². The van der Waals surface area contributed by atoms with Crippen LogP contribution in [0.3, 0.4) is 0 Å². The van der Waals surface area contributed by atoms with Crippen LogP contribution in [0.1, 0.15) is 30.3 Å². The van der Waals surface area contributed by atoms with Crippen molar-refractivity contribution >= 4 is 23.1 Å². The highest BCUT2D eigenvalue weighted by Gasteiger charge is 2.18. The van der Waals surface area contributed by atoms with Crippen molar-refractivity contribution in [3.8, 4) is 22.9 Å². The number of ether oxygens (including phenoxy) is 2. The molecular weight excluding hydrogens is 408 g/mol. The van der Waals surface area contributed by atoms with E-state index < -0.39 is 0 Å². The first-order valence-corrected chi connectivity index (χ1v) is 10.8. The Bertz CT molecular complexity index is 1280. The van der Waals surface area contributed by atoms with Gasteiger partial charge < -0.3 is 14.6 Å². The fourth-order valence-electron chi connectivity index (χ4n) is 4.02. The molecule has 1 aromatic carbocycles. The molecule has 9 nitrogen and oxygen atoms in total. The summed E-state index contributed by atoms with van der Waals surface area (Å²) in [5.41, 5.74) is 5.58. The lowest BCUT2D eigenvalue weighted by Crippen LogP contribution is -2.11. The minimum atomic E-state index is -0.00924. The number of nitrogens with zero attached hydrogens (tertiary/aromatic N) is 5. The van der Waals surface area contributed by atoms with Gasteiger partial charge in [0.15, 0.2) is 0 Å². The maximum atomic E-state index is 9.49. The molecule has 0 fully saturated rings. The van der Waals surface area contributed by atoms with Crippen molar-refractivity contribution in [2.75, 3.05) is 19.8 Å². The lowest BCUT2D eigenvalue weighted by atomic mass is 10.0. The van der Waals surface area contributed by atoms with Crippen molar-refractivity contribution in [3.63, 3.8) is 0 Å². The van der Waals surface area contributed by atoms with Crippen LogP contribution >= 0.6 is 0 Å². The minimum Gasteiger partial charge on any atom is -0.477 e. The smallest absolute Gasteiger partial charge is 0.219 e. The summed E-state index contributed by atoms with van der Waals surface area (Å²) in [5.74, 6) is 1.38. The molecular formula is C23H26N6O3. The van der Waals surface area contributed by atoms with Crippen LogP contribution in [0.2, 0.25) is 0 Å². The standard InChI is InChI=1S/C23H26N6O3/c1-3-19-16-6-8-21-17-13-15(5-7-20(17)25-26-21)18-14-24-28(2)22(18)31-11-4-12-32-23(16)29(27-19)9-10-30/h5-8,13-14,30H,3-4,9-12H2,1-2H3,(H,25,26)/b8-6+. The number of aromatic amines is 1. The van der Waals surface area contributed by atoms with Gasteiger partial charge in [0.05, 0.1) is 60.6 Å². The first kappa shape index (κ1) is 20.3. The molecule has 0 unspecified atom stereocenters. The Balaban J connectivity index is 1.65. The van der Waals surface area contributed by atoms with Gasteiger partial charge in [-0.2, -0.15) is 15.3 Å². The molecule has 4 aromatic rings. The molecule has 9 heteroatoms. The summed E-state index contributed by atoms with van der Waals surface area (Å²) in [6.45, 7) is 3.39. The minimum absolute atomic E-state index is 0.00924. The average Bonchev–Trinajstić information content (AvgIpc) is 3.47. The fourth-order valence-corrected chi connectivity index (χ4v) is 4.02. The summed E-state index contributed by atoms with van der Waals surface area (Å²) < 4.78 is 15.7. The second kappa shape index (κ2) is 8.51. The number of rotatable bonds is 3. The number of aliphatic hydroxyl groups excluding tert-OH is 1. The summed E-state index contributed by atoms with van der Waals surface area (Å²) >= 11 is 0. The lowest BCUT2D eigenvalue weighted by molar-refractivity contribution is 0.214. The molecule has 5 rings (SSSR count). The average molecular weight is 435 g/mol. The van der Waals surface area contributed by atoms with Crippen molar-refractivity contribution < 1.29 is 14.6 Å². The molecule has 4 heterocycles. The van der Waals surface area contributed by atoms with Gasteiger partial charge in [0.2, 0.25) is 11.8 Å². The van der Waals surface area contributed by atoms with Crippen molar-refractivity contribution in [2.24, 2.45) is 7.05 Å². The molecule has 0 radical (unpaired) electrons. The largest absolute Gasteiger partial charge is 0.477 e. The van der Waals surface area contributed by atoms with E-state index in [-0.39, 0.29) is 6.61 Å². The van der Waals surface area contributed by atoms with Crippen molar-refractivity contribution in [3.05, 3.63) is 41.3 Å². The fraction of sp³-hybridized carbons (Fsp3) is 0.348. The first-order chi connectivity index (χ1) is 15.7. The van der Waals surface area contributed by atoms with Crippen molar-refractivity contribution in [1.82, 2.24) is 29.8 Å². The highest BCUT2D eigenvalue weighted by atomic mass is 16.5. The molecule has 1 aliphatic rings. The number of benzene rings is 1. The number of fused-ring (bicyclic) bond motifs is 4. The van der Waals surface area contributed by atoms with Gasteiger partial charge in [-0.15, -0.1) is 0 Å². The predicted molar refractivity (Wildman–Crippen MR) is 122 cm³/mol. The van der Waals surface area contributed by atoms with E-state index in [2.05, 4.69) is 33.4 Å². The topological polar surface area (TPSA) is 103 Å². The summed E-state index contributed by atoms with van der Waals surface area (Å²) in [6, 6.07) is 6.14. The monoisotopic (exact) mass is 434 g/mol. The Morgan fingerprint density at radius 3 is 2.81 bits per heavy atom. The second-order valence-corrected chi connectivity index (χ2v) is 7.71. The van der Waals surface area contributed by atoms with E-state index in [4.69, 9.17) is 9.47 Å². The van der Waals surface area contributed by atoms with Crippen LogP contribution in [-0.2, 0) is 20.0 Å². The van der Waals surface area contributed by atoms with Gasteiger partial charge in [-0.3, -0.25) is 5.10 Å². The van der Waals surface area contributed by atoms with E-state index in [0.717, 1.165) is 51.3 Å². The first-order valence-electron chi connectivity index (χ1n) is 10.8. The van der Waals surface area contributed by atoms with Gasteiger partial charge in [-0.25, -0.2) is 9.36 Å². The number of nitrogens with one attached hydrogen (secondary N) is 1. The molecule has 0 amide bonds. The van der Waals surface area contributed by atoms with Gasteiger partial charge in [0.25, 0.3) is 0 Å². The molecule has 0 atom stereocenters. The van der Waals surface area contributed by atoms with Gasteiger partial charge in [-0.05, 0) is 36.3 Å². The van der Waals surface area contributed by atoms with E-state index in [0.29, 0.717) is 32.1 Å². The Hall–Kier alpha value is -3.59. The number of aryl methyl sites for hydroxylation is 2. The third-order valence-electron chi connectivity index (χ3n) is 5.63.